The van der Waals surface area contributed by atoms with Gasteiger partial charge in [-0.25, -0.2) is 4.79 Å². The Morgan fingerprint density at radius 2 is 1.83 bits per heavy atom. The molecule has 0 bridgehead atoms. The summed E-state index contributed by atoms with van der Waals surface area (Å²) in [5, 5.41) is 2.08. The van der Waals surface area contributed by atoms with Gasteiger partial charge in [0, 0.05) is 0 Å². The third-order valence-corrected chi connectivity index (χ3v) is 2.25. The highest BCUT2D eigenvalue weighted by atomic mass is 31.2. The molecule has 0 spiro atoms. The molecule has 3 N–H and O–H groups in total. The molecule has 0 aromatic heterocycles. The zero-order valence-corrected chi connectivity index (χ0v) is 11.0. The Kier molecular flexibility index (Phi) is 8.19. The van der Waals surface area contributed by atoms with Gasteiger partial charge in [0.25, 0.3) is 0 Å². The first-order valence-electron chi connectivity index (χ1n) is 5.07. The van der Waals surface area contributed by atoms with Crippen LogP contribution in [0.15, 0.2) is 0 Å². The van der Waals surface area contributed by atoms with E-state index < -0.39 is 39.2 Å². The van der Waals surface area contributed by atoms with Gasteiger partial charge in [-0.15, -0.1) is 0 Å². The molecule has 0 fully saturated rings. The summed E-state index contributed by atoms with van der Waals surface area (Å²) >= 11 is 0. The predicted molar refractivity (Wildman–Crippen MR) is 61.5 cm³/mol. The Balaban J connectivity index is 3.66. The van der Waals surface area contributed by atoms with Crippen molar-refractivity contribution in [2.75, 3.05) is 19.5 Å². The fraction of sp³-hybridized carbons (Fsp3) is 0.667. The smallest absolute Gasteiger partial charge is 0.410 e. The second-order valence-electron chi connectivity index (χ2n) is 3.59. The minimum Gasteiger partial charge on any atom is -0.428 e. The summed E-state index contributed by atoms with van der Waals surface area (Å²) in [5.41, 5.74) is 0. The lowest BCUT2D eigenvalue weighted by molar-refractivity contribution is -0.155. The van der Waals surface area contributed by atoms with Crippen molar-refractivity contribution >= 4 is 26.2 Å². The lowest BCUT2D eigenvalue weighted by Gasteiger charge is -2.08. The number of Topliss-reactive ketones (excluding diaryl/α,β-unsaturated/α-hetero) is 1. The topological polar surface area (TPSA) is 122 Å². The molecule has 0 heterocycles. The maximum absolute atomic E-state index is 11.0. The highest BCUT2D eigenvalue weighted by molar-refractivity contribution is 7.46. The van der Waals surface area contributed by atoms with Crippen LogP contribution in [0.4, 0.5) is 4.79 Å². The number of amides is 1. The Labute approximate surface area is 105 Å². The van der Waals surface area contributed by atoms with E-state index in [0.29, 0.717) is 0 Å². The summed E-state index contributed by atoms with van der Waals surface area (Å²) in [6.07, 6.45) is -1.35. The van der Waals surface area contributed by atoms with Crippen LogP contribution in [0.2, 0.25) is 0 Å². The standard InChI is InChI=1S/C9H16NO7P/c1-6(2)8(12)16-5-17-9(13)10-3-7(11)4-18(14)15/h6,14-15H,3-5H2,1-2H3,(H,10,13). The number of carbonyl (C=O) groups excluding carboxylic acids is 3. The summed E-state index contributed by atoms with van der Waals surface area (Å²) in [7, 11) is -2.31. The molecule has 0 aliphatic carbocycles. The second-order valence-corrected chi connectivity index (χ2v) is 4.65. The lowest BCUT2D eigenvalue weighted by Crippen LogP contribution is -2.32. The van der Waals surface area contributed by atoms with Crippen LogP contribution in [0.3, 0.4) is 0 Å². The zero-order chi connectivity index (χ0) is 14.1. The normalized spacial score (nSPS) is 10.3. The molecular formula is C9H16NO7P. The van der Waals surface area contributed by atoms with E-state index in [2.05, 4.69) is 14.8 Å². The molecule has 104 valence electrons. The zero-order valence-electron chi connectivity index (χ0n) is 10.1. The quantitative estimate of drug-likeness (QED) is 0.333. The number of esters is 1. The van der Waals surface area contributed by atoms with Gasteiger partial charge in [0.05, 0.1) is 18.6 Å². The van der Waals surface area contributed by atoms with Gasteiger partial charge in [0.1, 0.15) is 0 Å². The third-order valence-electron chi connectivity index (χ3n) is 1.61. The number of rotatable bonds is 7. The molecule has 0 unspecified atom stereocenters. The molecule has 9 heteroatoms. The van der Waals surface area contributed by atoms with Gasteiger partial charge in [0.15, 0.2) is 14.2 Å². The van der Waals surface area contributed by atoms with E-state index in [-0.39, 0.29) is 12.5 Å². The summed E-state index contributed by atoms with van der Waals surface area (Å²) in [6, 6.07) is 0. The first-order valence-corrected chi connectivity index (χ1v) is 6.50. The van der Waals surface area contributed by atoms with E-state index in [1.807, 2.05) is 0 Å². The summed E-state index contributed by atoms with van der Waals surface area (Å²) in [4.78, 5) is 50.0. The van der Waals surface area contributed by atoms with Crippen molar-refractivity contribution in [1.29, 1.82) is 0 Å². The van der Waals surface area contributed by atoms with Gasteiger partial charge in [-0.2, -0.15) is 0 Å². The Hall–Kier alpha value is -1.24. The first kappa shape index (κ1) is 16.8. The number of carbonyl (C=O) groups is 3. The van der Waals surface area contributed by atoms with Gasteiger partial charge in [-0.05, 0) is 0 Å². The largest absolute Gasteiger partial charge is 0.428 e. The van der Waals surface area contributed by atoms with E-state index in [4.69, 9.17) is 9.79 Å². The van der Waals surface area contributed by atoms with Crippen molar-refractivity contribution < 1.29 is 33.6 Å². The lowest BCUT2D eigenvalue weighted by atomic mass is 10.2. The van der Waals surface area contributed by atoms with E-state index in [9.17, 15) is 14.4 Å². The molecule has 0 atom stereocenters. The van der Waals surface area contributed by atoms with Crippen molar-refractivity contribution in [3.8, 4) is 0 Å². The average Bonchev–Trinajstić information content (AvgIpc) is 2.25. The monoisotopic (exact) mass is 281 g/mol. The number of alkyl carbamates (subject to hydrolysis) is 1. The van der Waals surface area contributed by atoms with E-state index in [1.165, 1.54) is 0 Å². The molecule has 0 saturated carbocycles. The maximum atomic E-state index is 11.0. The molecule has 0 radical (unpaired) electrons. The number of hydrogen-bond acceptors (Lipinski definition) is 7. The Bertz CT molecular complexity index is 305. The van der Waals surface area contributed by atoms with Crippen molar-refractivity contribution in [1.82, 2.24) is 5.32 Å². The Morgan fingerprint density at radius 1 is 1.22 bits per heavy atom. The molecule has 0 rings (SSSR count). The number of ether oxygens (including phenoxy) is 2. The summed E-state index contributed by atoms with van der Waals surface area (Å²) in [6.45, 7) is 2.34. The fourth-order valence-corrected chi connectivity index (χ4v) is 1.17. The maximum Gasteiger partial charge on any atom is 0.410 e. The van der Waals surface area contributed by atoms with Crippen molar-refractivity contribution in [2.24, 2.45) is 5.92 Å². The van der Waals surface area contributed by atoms with Crippen molar-refractivity contribution in [3.05, 3.63) is 0 Å². The van der Waals surface area contributed by atoms with Crippen LogP contribution in [0, 0.1) is 5.92 Å². The van der Waals surface area contributed by atoms with Crippen LogP contribution in [-0.2, 0) is 19.1 Å². The highest BCUT2D eigenvalue weighted by Crippen LogP contribution is 2.21. The fourth-order valence-electron chi connectivity index (χ4n) is 0.743. The van der Waals surface area contributed by atoms with E-state index >= 15 is 0 Å². The minimum atomic E-state index is -2.31. The molecule has 0 aliphatic rings. The van der Waals surface area contributed by atoms with Gasteiger partial charge in [-0.1, -0.05) is 13.8 Å². The van der Waals surface area contributed by atoms with Gasteiger partial charge in [0.2, 0.25) is 6.79 Å². The molecule has 0 aromatic carbocycles. The van der Waals surface area contributed by atoms with Gasteiger partial charge in [-0.3, -0.25) is 9.59 Å². The molecule has 0 saturated heterocycles. The second kappa shape index (κ2) is 8.79. The van der Waals surface area contributed by atoms with E-state index in [1.54, 1.807) is 13.8 Å². The molecule has 0 aromatic rings. The van der Waals surface area contributed by atoms with Crippen LogP contribution in [0.1, 0.15) is 13.8 Å². The molecule has 8 nitrogen and oxygen atoms in total. The van der Waals surface area contributed by atoms with Crippen LogP contribution in [-0.4, -0.2) is 47.1 Å². The minimum absolute atomic E-state index is 0.327. The highest BCUT2D eigenvalue weighted by Gasteiger charge is 2.12. The SMILES string of the molecule is CC(C)C(=O)OCOC(=O)NCC(=O)CP(O)O. The summed E-state index contributed by atoms with van der Waals surface area (Å²) < 4.78 is 9.01. The molecule has 0 aliphatic heterocycles. The summed E-state index contributed by atoms with van der Waals surface area (Å²) in [5.74, 6) is -1.38. The first-order chi connectivity index (χ1) is 8.32. The molecule has 1 amide bonds. The van der Waals surface area contributed by atoms with Crippen LogP contribution < -0.4 is 5.32 Å². The number of hydrogen-bond donors (Lipinski definition) is 3. The van der Waals surface area contributed by atoms with E-state index in [0.717, 1.165) is 0 Å². The Morgan fingerprint density at radius 3 is 2.33 bits per heavy atom. The van der Waals surface area contributed by atoms with Crippen molar-refractivity contribution in [2.45, 2.75) is 13.8 Å². The van der Waals surface area contributed by atoms with Gasteiger partial charge < -0.3 is 24.6 Å². The third kappa shape index (κ3) is 8.86. The number of ketones is 1. The number of nitrogens with one attached hydrogen (secondary N) is 1. The van der Waals surface area contributed by atoms with Crippen LogP contribution >= 0.6 is 8.38 Å². The average molecular weight is 281 g/mol. The molecule has 18 heavy (non-hydrogen) atoms. The predicted octanol–water partition coefficient (Wildman–Crippen LogP) is -0.265. The molecular weight excluding hydrogens is 265 g/mol. The van der Waals surface area contributed by atoms with Gasteiger partial charge >= 0.3 is 12.1 Å². The van der Waals surface area contributed by atoms with Crippen molar-refractivity contribution in [3.63, 3.8) is 0 Å². The van der Waals surface area contributed by atoms with Crippen LogP contribution in [0.25, 0.3) is 0 Å². The van der Waals surface area contributed by atoms with Crippen LogP contribution in [0.5, 0.6) is 0 Å².